The third-order valence-corrected chi connectivity index (χ3v) is 6.57. The molecule has 25 heavy (non-hydrogen) atoms. The highest BCUT2D eigenvalue weighted by Gasteiger charge is 2.48. The zero-order valence-corrected chi connectivity index (χ0v) is 16.9. The average Bonchev–Trinajstić information content (AvgIpc) is 2.54. The molecule has 2 fully saturated rings. The van der Waals surface area contributed by atoms with E-state index in [4.69, 9.17) is 0 Å². The standard InChI is InChI=1S/C21H38N2O2/c1-5-8-20(9-6-2)10-12-21(13-11-20)16-18(24)23(19(25)17-21)15-7-14-22(3)4/h5-17H2,1-4H3. The van der Waals surface area contributed by atoms with E-state index in [1.54, 1.807) is 0 Å². The van der Waals surface area contributed by atoms with Crippen molar-refractivity contribution in [2.45, 2.75) is 84.5 Å². The summed E-state index contributed by atoms with van der Waals surface area (Å²) in [6.07, 6.45) is 11.7. The first-order valence-electron chi connectivity index (χ1n) is 10.3. The predicted octanol–water partition coefficient (Wildman–Crippen LogP) is 4.23. The van der Waals surface area contributed by atoms with Crippen molar-refractivity contribution in [3.05, 3.63) is 0 Å². The number of carbonyl (C=O) groups excluding carboxylic acids is 2. The van der Waals surface area contributed by atoms with Gasteiger partial charge in [-0.05, 0) is 76.4 Å². The van der Waals surface area contributed by atoms with Gasteiger partial charge in [-0.25, -0.2) is 0 Å². The van der Waals surface area contributed by atoms with E-state index in [9.17, 15) is 9.59 Å². The van der Waals surface area contributed by atoms with Crippen LogP contribution in [0, 0.1) is 10.8 Å². The van der Waals surface area contributed by atoms with Crippen molar-refractivity contribution in [3.63, 3.8) is 0 Å². The fraction of sp³-hybridized carbons (Fsp3) is 0.905. The van der Waals surface area contributed by atoms with Gasteiger partial charge in [-0.2, -0.15) is 0 Å². The molecule has 1 aliphatic carbocycles. The van der Waals surface area contributed by atoms with E-state index < -0.39 is 0 Å². The first-order chi connectivity index (χ1) is 11.9. The summed E-state index contributed by atoms with van der Waals surface area (Å²) >= 11 is 0. The van der Waals surface area contributed by atoms with Crippen LogP contribution in [0.5, 0.6) is 0 Å². The number of carbonyl (C=O) groups is 2. The Hall–Kier alpha value is -0.900. The van der Waals surface area contributed by atoms with Crippen LogP contribution in [0.25, 0.3) is 0 Å². The van der Waals surface area contributed by atoms with Gasteiger partial charge in [-0.3, -0.25) is 14.5 Å². The molecule has 144 valence electrons. The number of amides is 2. The van der Waals surface area contributed by atoms with Crippen LogP contribution in [0.15, 0.2) is 0 Å². The second-order valence-electron chi connectivity index (χ2n) is 8.95. The molecule has 0 aromatic rings. The molecule has 0 radical (unpaired) electrons. The fourth-order valence-electron chi connectivity index (χ4n) is 5.18. The van der Waals surface area contributed by atoms with Crippen molar-refractivity contribution in [1.82, 2.24) is 9.80 Å². The summed E-state index contributed by atoms with van der Waals surface area (Å²) in [5, 5.41) is 0. The second-order valence-corrected chi connectivity index (χ2v) is 8.95. The number of imide groups is 1. The molecule has 0 aromatic heterocycles. The largest absolute Gasteiger partial charge is 0.309 e. The monoisotopic (exact) mass is 350 g/mol. The maximum atomic E-state index is 12.7. The average molecular weight is 351 g/mol. The Morgan fingerprint density at radius 2 is 1.44 bits per heavy atom. The van der Waals surface area contributed by atoms with E-state index in [0.717, 1.165) is 25.8 Å². The number of rotatable bonds is 8. The highest BCUT2D eigenvalue weighted by atomic mass is 16.2. The van der Waals surface area contributed by atoms with Gasteiger partial charge in [0.2, 0.25) is 11.8 Å². The maximum Gasteiger partial charge on any atom is 0.229 e. The highest BCUT2D eigenvalue weighted by Crippen LogP contribution is 2.54. The topological polar surface area (TPSA) is 40.6 Å². The number of likely N-dealkylation sites (tertiary alicyclic amines) is 1. The summed E-state index contributed by atoms with van der Waals surface area (Å²) in [4.78, 5) is 29.0. The number of piperidine rings is 1. The molecule has 1 heterocycles. The van der Waals surface area contributed by atoms with Crippen LogP contribution in [-0.2, 0) is 9.59 Å². The van der Waals surface area contributed by atoms with Gasteiger partial charge >= 0.3 is 0 Å². The third kappa shape index (κ3) is 5.06. The van der Waals surface area contributed by atoms with Crippen LogP contribution < -0.4 is 0 Å². The molecule has 2 amide bonds. The molecule has 4 nitrogen and oxygen atoms in total. The highest BCUT2D eigenvalue weighted by molar-refractivity contribution is 5.98. The van der Waals surface area contributed by atoms with Crippen LogP contribution >= 0.6 is 0 Å². The lowest BCUT2D eigenvalue weighted by Crippen LogP contribution is -2.50. The van der Waals surface area contributed by atoms with Crippen molar-refractivity contribution in [2.24, 2.45) is 10.8 Å². The quantitative estimate of drug-likeness (QED) is 0.615. The first-order valence-corrected chi connectivity index (χ1v) is 10.3. The van der Waals surface area contributed by atoms with E-state index in [-0.39, 0.29) is 17.2 Å². The molecule has 0 bridgehead atoms. The molecule has 0 N–H and O–H groups in total. The zero-order chi connectivity index (χ0) is 18.5. The van der Waals surface area contributed by atoms with E-state index in [2.05, 4.69) is 18.7 Å². The van der Waals surface area contributed by atoms with E-state index >= 15 is 0 Å². The van der Waals surface area contributed by atoms with Crippen LogP contribution in [-0.4, -0.2) is 48.8 Å². The minimum absolute atomic E-state index is 0.0306. The van der Waals surface area contributed by atoms with Crippen molar-refractivity contribution in [2.75, 3.05) is 27.2 Å². The molecule has 4 heteroatoms. The Morgan fingerprint density at radius 3 is 1.88 bits per heavy atom. The van der Waals surface area contributed by atoms with Gasteiger partial charge in [0.25, 0.3) is 0 Å². The predicted molar refractivity (Wildman–Crippen MR) is 102 cm³/mol. The molecule has 1 saturated heterocycles. The van der Waals surface area contributed by atoms with Crippen molar-refractivity contribution in [1.29, 1.82) is 0 Å². The molecule has 1 saturated carbocycles. The smallest absolute Gasteiger partial charge is 0.229 e. The lowest BCUT2D eigenvalue weighted by atomic mass is 9.58. The Balaban J connectivity index is 1.95. The lowest BCUT2D eigenvalue weighted by molar-refractivity contribution is -0.155. The van der Waals surface area contributed by atoms with Gasteiger partial charge in [0, 0.05) is 19.4 Å². The summed E-state index contributed by atoms with van der Waals surface area (Å²) < 4.78 is 0. The van der Waals surface area contributed by atoms with Crippen LogP contribution in [0.1, 0.15) is 84.5 Å². The van der Waals surface area contributed by atoms with Crippen molar-refractivity contribution < 1.29 is 9.59 Å². The van der Waals surface area contributed by atoms with Gasteiger partial charge in [-0.15, -0.1) is 0 Å². The Kier molecular flexibility index (Phi) is 7.07. The van der Waals surface area contributed by atoms with E-state index in [1.165, 1.54) is 43.4 Å². The molecule has 0 atom stereocenters. The second kappa shape index (κ2) is 8.66. The fourth-order valence-corrected chi connectivity index (χ4v) is 5.18. The SMILES string of the molecule is CCCC1(CCC)CCC2(CC1)CC(=O)N(CCCN(C)C)C(=O)C2. The summed E-state index contributed by atoms with van der Waals surface area (Å²) in [5.41, 5.74) is 0.445. The van der Waals surface area contributed by atoms with Crippen LogP contribution in [0.3, 0.4) is 0 Å². The lowest BCUT2D eigenvalue weighted by Gasteiger charge is -2.49. The summed E-state index contributed by atoms with van der Waals surface area (Å²) in [5.74, 6) is 0.155. The number of hydrogen-bond acceptors (Lipinski definition) is 3. The molecule has 1 spiro atoms. The van der Waals surface area contributed by atoms with Crippen LogP contribution in [0.4, 0.5) is 0 Å². The Morgan fingerprint density at radius 1 is 0.920 bits per heavy atom. The summed E-state index contributed by atoms with van der Waals surface area (Å²) in [7, 11) is 4.05. The van der Waals surface area contributed by atoms with Gasteiger partial charge < -0.3 is 4.90 Å². The van der Waals surface area contributed by atoms with Crippen molar-refractivity contribution in [3.8, 4) is 0 Å². The van der Waals surface area contributed by atoms with Gasteiger partial charge in [0.15, 0.2) is 0 Å². The van der Waals surface area contributed by atoms with Gasteiger partial charge in [-0.1, -0.05) is 26.7 Å². The minimum atomic E-state index is -0.0306. The number of nitrogens with zero attached hydrogens (tertiary/aromatic N) is 2. The maximum absolute atomic E-state index is 12.7. The molecule has 1 aliphatic heterocycles. The summed E-state index contributed by atoms with van der Waals surface area (Å²) in [6, 6.07) is 0. The molecule has 0 aromatic carbocycles. The van der Waals surface area contributed by atoms with E-state index in [1.807, 2.05) is 14.1 Å². The van der Waals surface area contributed by atoms with Crippen molar-refractivity contribution >= 4 is 11.8 Å². The Bertz CT molecular complexity index is 437. The third-order valence-electron chi connectivity index (χ3n) is 6.57. The molecular weight excluding hydrogens is 312 g/mol. The molecule has 0 unspecified atom stereocenters. The van der Waals surface area contributed by atoms with Crippen LogP contribution in [0.2, 0.25) is 0 Å². The Labute approximate surface area is 154 Å². The summed E-state index contributed by atoms with van der Waals surface area (Å²) in [6.45, 7) is 6.06. The van der Waals surface area contributed by atoms with E-state index in [0.29, 0.717) is 24.8 Å². The number of hydrogen-bond donors (Lipinski definition) is 0. The minimum Gasteiger partial charge on any atom is -0.309 e. The molecule has 2 aliphatic rings. The van der Waals surface area contributed by atoms with Gasteiger partial charge in [0.1, 0.15) is 0 Å². The first kappa shape index (κ1) is 20.4. The zero-order valence-electron chi connectivity index (χ0n) is 16.9. The van der Waals surface area contributed by atoms with Gasteiger partial charge in [0.05, 0.1) is 0 Å². The normalized spacial score (nSPS) is 22.8. The molecular formula is C21H38N2O2. The molecule has 2 rings (SSSR count).